The summed E-state index contributed by atoms with van der Waals surface area (Å²) in [6.45, 7) is 0. The molecule has 2 N–H and O–H groups in total. The number of phenolic OH excluding ortho intramolecular Hbond substituents is 1. The van der Waals surface area contributed by atoms with Crippen LogP contribution in [0.4, 0.5) is 0 Å². The van der Waals surface area contributed by atoms with Crippen molar-refractivity contribution in [2.45, 2.75) is 0 Å². The number of para-hydroxylation sites is 1. The van der Waals surface area contributed by atoms with E-state index >= 15 is 0 Å². The molecule has 3 rings (SSSR count). The van der Waals surface area contributed by atoms with E-state index in [1.807, 2.05) is 18.2 Å². The summed E-state index contributed by atoms with van der Waals surface area (Å²) in [4.78, 5) is 14.8. The van der Waals surface area contributed by atoms with Gasteiger partial charge in [0.25, 0.3) is 0 Å². The molecule has 0 fully saturated rings. The van der Waals surface area contributed by atoms with Gasteiger partial charge >= 0.3 is 5.69 Å². The number of nitrogens with one attached hydrogen (secondary N) is 1. The van der Waals surface area contributed by atoms with Gasteiger partial charge < -0.3 is 10.1 Å². The van der Waals surface area contributed by atoms with E-state index in [4.69, 9.17) is 0 Å². The number of phenols is 1. The fourth-order valence-electron chi connectivity index (χ4n) is 1.99. The Labute approximate surface area is 111 Å². The van der Waals surface area contributed by atoms with Crippen LogP contribution in [0.2, 0.25) is 0 Å². The summed E-state index contributed by atoms with van der Waals surface area (Å²) in [5, 5.41) is 9.51. The Morgan fingerprint density at radius 3 is 2.72 bits per heavy atom. The van der Waals surface area contributed by atoms with Crippen LogP contribution >= 0.6 is 15.9 Å². The molecular formula is C13H9BrN2O2. The number of hydrogen-bond donors (Lipinski definition) is 2. The molecule has 0 saturated heterocycles. The molecule has 0 saturated carbocycles. The van der Waals surface area contributed by atoms with Crippen molar-refractivity contribution in [2.75, 3.05) is 0 Å². The summed E-state index contributed by atoms with van der Waals surface area (Å²) in [7, 11) is 0. The van der Waals surface area contributed by atoms with Gasteiger partial charge in [0, 0.05) is 10.5 Å². The van der Waals surface area contributed by atoms with Gasteiger partial charge in [0.1, 0.15) is 5.75 Å². The van der Waals surface area contributed by atoms with Crippen molar-refractivity contribution in [3.8, 4) is 11.4 Å². The molecule has 0 bridgehead atoms. The van der Waals surface area contributed by atoms with Gasteiger partial charge in [-0.05, 0) is 40.2 Å². The first-order chi connectivity index (χ1) is 8.66. The average Bonchev–Trinajstić information content (AvgIpc) is 2.67. The van der Waals surface area contributed by atoms with Crippen molar-refractivity contribution in [2.24, 2.45) is 0 Å². The molecule has 0 amide bonds. The predicted molar refractivity (Wildman–Crippen MR) is 73.3 cm³/mol. The fourth-order valence-corrected chi connectivity index (χ4v) is 2.54. The van der Waals surface area contributed by atoms with Gasteiger partial charge in [0.2, 0.25) is 0 Å². The molecule has 1 aromatic heterocycles. The van der Waals surface area contributed by atoms with Gasteiger partial charge in [0.15, 0.2) is 0 Å². The van der Waals surface area contributed by atoms with Crippen LogP contribution in [0.25, 0.3) is 16.7 Å². The summed E-state index contributed by atoms with van der Waals surface area (Å²) < 4.78 is 2.35. The Kier molecular flexibility index (Phi) is 2.48. The third kappa shape index (κ3) is 1.64. The lowest BCUT2D eigenvalue weighted by atomic mass is 10.2. The highest BCUT2D eigenvalue weighted by atomic mass is 79.9. The Morgan fingerprint density at radius 2 is 1.94 bits per heavy atom. The Morgan fingerprint density at radius 1 is 1.17 bits per heavy atom. The number of halogens is 1. The monoisotopic (exact) mass is 304 g/mol. The fraction of sp³-hybridized carbons (Fsp3) is 0. The van der Waals surface area contributed by atoms with E-state index in [-0.39, 0.29) is 11.4 Å². The Bertz CT molecular complexity index is 789. The highest BCUT2D eigenvalue weighted by Gasteiger charge is 2.11. The number of aromatic nitrogens is 2. The Balaban J connectivity index is 2.42. The smallest absolute Gasteiger partial charge is 0.331 e. The number of fused-ring (bicyclic) bond motifs is 1. The van der Waals surface area contributed by atoms with Crippen molar-refractivity contribution in [3.63, 3.8) is 0 Å². The number of H-pyrrole nitrogens is 1. The minimum absolute atomic E-state index is 0.126. The molecule has 90 valence electrons. The van der Waals surface area contributed by atoms with Crippen molar-refractivity contribution >= 4 is 27.0 Å². The largest absolute Gasteiger partial charge is 0.508 e. The molecule has 0 spiro atoms. The molecule has 0 atom stereocenters. The van der Waals surface area contributed by atoms with Crippen LogP contribution in [0, 0.1) is 0 Å². The quantitative estimate of drug-likeness (QED) is 0.726. The van der Waals surface area contributed by atoms with Gasteiger partial charge in [-0.2, -0.15) is 0 Å². The predicted octanol–water partition coefficient (Wildman–Crippen LogP) is 2.79. The summed E-state index contributed by atoms with van der Waals surface area (Å²) in [6.07, 6.45) is 0. The number of aromatic amines is 1. The Hall–Kier alpha value is -2.01. The van der Waals surface area contributed by atoms with Gasteiger partial charge in [-0.15, -0.1) is 0 Å². The number of benzene rings is 2. The molecule has 3 aromatic rings. The van der Waals surface area contributed by atoms with E-state index < -0.39 is 0 Å². The van der Waals surface area contributed by atoms with Crippen LogP contribution in [0.15, 0.2) is 51.7 Å². The molecule has 0 aliphatic carbocycles. The van der Waals surface area contributed by atoms with Gasteiger partial charge in [0.05, 0.1) is 16.7 Å². The first-order valence-electron chi connectivity index (χ1n) is 5.35. The standard InChI is InChI=1S/C13H9BrN2O2/c14-10-5-2-6-11-12(10)16(13(18)15-11)8-3-1-4-9(17)7-8/h1-7,17H,(H,15,18). The van der Waals surface area contributed by atoms with Crippen LogP contribution in [-0.2, 0) is 0 Å². The van der Waals surface area contributed by atoms with E-state index in [0.717, 1.165) is 15.5 Å². The van der Waals surface area contributed by atoms with Crippen molar-refractivity contribution in [1.82, 2.24) is 9.55 Å². The van der Waals surface area contributed by atoms with Crippen LogP contribution in [0.5, 0.6) is 5.75 Å². The second-order valence-electron chi connectivity index (χ2n) is 3.92. The van der Waals surface area contributed by atoms with E-state index in [9.17, 15) is 9.90 Å². The topological polar surface area (TPSA) is 58.0 Å². The lowest BCUT2D eigenvalue weighted by molar-refractivity contribution is 0.475. The first-order valence-corrected chi connectivity index (χ1v) is 6.15. The molecule has 5 heteroatoms. The number of hydrogen-bond acceptors (Lipinski definition) is 2. The number of aromatic hydroxyl groups is 1. The summed E-state index contributed by atoms with van der Waals surface area (Å²) in [5.74, 6) is 0.126. The molecule has 0 aliphatic rings. The zero-order valence-corrected chi connectivity index (χ0v) is 10.8. The summed E-state index contributed by atoms with van der Waals surface area (Å²) in [5.41, 5.74) is 1.89. The zero-order valence-electron chi connectivity index (χ0n) is 9.22. The summed E-state index contributed by atoms with van der Waals surface area (Å²) >= 11 is 3.43. The molecule has 18 heavy (non-hydrogen) atoms. The maximum atomic E-state index is 12.0. The van der Waals surface area contributed by atoms with Crippen molar-refractivity contribution in [1.29, 1.82) is 0 Å². The van der Waals surface area contributed by atoms with Gasteiger partial charge in [-0.3, -0.25) is 4.57 Å². The molecule has 1 heterocycles. The maximum Gasteiger partial charge on any atom is 0.331 e. The number of rotatable bonds is 1. The van der Waals surface area contributed by atoms with E-state index in [2.05, 4.69) is 20.9 Å². The lowest BCUT2D eigenvalue weighted by Gasteiger charge is -2.05. The van der Waals surface area contributed by atoms with Crippen LogP contribution in [0.1, 0.15) is 0 Å². The third-order valence-corrected chi connectivity index (χ3v) is 3.38. The second-order valence-corrected chi connectivity index (χ2v) is 4.78. The van der Waals surface area contributed by atoms with Crippen LogP contribution < -0.4 is 5.69 Å². The third-order valence-electron chi connectivity index (χ3n) is 2.74. The van der Waals surface area contributed by atoms with E-state index in [0.29, 0.717) is 5.69 Å². The molecule has 4 nitrogen and oxygen atoms in total. The minimum Gasteiger partial charge on any atom is -0.508 e. The molecule has 0 aliphatic heterocycles. The van der Waals surface area contributed by atoms with Crippen molar-refractivity contribution < 1.29 is 5.11 Å². The number of nitrogens with zero attached hydrogens (tertiary/aromatic N) is 1. The van der Waals surface area contributed by atoms with Gasteiger partial charge in [-0.25, -0.2) is 4.79 Å². The van der Waals surface area contributed by atoms with E-state index in [1.165, 1.54) is 4.57 Å². The maximum absolute atomic E-state index is 12.0. The second kappa shape index (κ2) is 4.03. The zero-order chi connectivity index (χ0) is 12.7. The number of imidazole rings is 1. The molecular weight excluding hydrogens is 296 g/mol. The van der Waals surface area contributed by atoms with Gasteiger partial charge in [-0.1, -0.05) is 12.1 Å². The molecule has 0 unspecified atom stereocenters. The molecule has 0 radical (unpaired) electrons. The minimum atomic E-state index is -0.234. The molecule has 2 aromatic carbocycles. The SMILES string of the molecule is O=c1[nH]c2cccc(Br)c2n1-c1cccc(O)c1. The first kappa shape index (κ1) is 11.1. The van der Waals surface area contributed by atoms with Crippen LogP contribution in [-0.4, -0.2) is 14.7 Å². The lowest BCUT2D eigenvalue weighted by Crippen LogP contribution is -2.14. The average molecular weight is 305 g/mol. The highest BCUT2D eigenvalue weighted by Crippen LogP contribution is 2.25. The van der Waals surface area contributed by atoms with Crippen LogP contribution in [0.3, 0.4) is 0 Å². The normalized spacial score (nSPS) is 10.9. The highest BCUT2D eigenvalue weighted by molar-refractivity contribution is 9.10. The van der Waals surface area contributed by atoms with E-state index in [1.54, 1.807) is 24.3 Å². The van der Waals surface area contributed by atoms with Crippen molar-refractivity contribution in [3.05, 3.63) is 57.4 Å². The summed E-state index contributed by atoms with van der Waals surface area (Å²) in [6, 6.07) is 12.2.